The van der Waals surface area contributed by atoms with E-state index in [1.807, 2.05) is 0 Å². The van der Waals surface area contributed by atoms with Crippen LogP contribution >= 0.6 is 7.60 Å². The Morgan fingerprint density at radius 1 is 1.56 bits per heavy atom. The summed E-state index contributed by atoms with van der Waals surface area (Å²) >= 11 is 0. The maximum absolute atomic E-state index is 10.0. The molecule has 0 unspecified atom stereocenters. The highest BCUT2D eigenvalue weighted by atomic mass is 31.2. The second kappa shape index (κ2) is 3.98. The van der Waals surface area contributed by atoms with E-state index >= 15 is 0 Å². The van der Waals surface area contributed by atoms with E-state index in [0.29, 0.717) is 0 Å². The van der Waals surface area contributed by atoms with Gasteiger partial charge in [-0.15, -0.1) is 0 Å². The van der Waals surface area contributed by atoms with E-state index in [1.54, 1.807) is 0 Å². The standard InChI is InChI=1S/C3H9O5P/c1-7-2-8-3-9(4,5)6/h2-3H2,1H3,(H2,4,5,6). The van der Waals surface area contributed by atoms with Crippen LogP contribution in [0.4, 0.5) is 0 Å². The third kappa shape index (κ3) is 8.07. The predicted molar refractivity (Wildman–Crippen MR) is 29.9 cm³/mol. The summed E-state index contributed by atoms with van der Waals surface area (Å²) in [5.74, 6) is 0. The lowest BCUT2D eigenvalue weighted by Gasteiger charge is -2.02. The Balaban J connectivity index is 3.18. The summed E-state index contributed by atoms with van der Waals surface area (Å²) < 4.78 is 18.8. The van der Waals surface area contributed by atoms with Crippen LogP contribution in [0.3, 0.4) is 0 Å². The van der Waals surface area contributed by atoms with Gasteiger partial charge in [0.2, 0.25) is 0 Å². The fourth-order valence-corrected chi connectivity index (χ4v) is 0.552. The van der Waals surface area contributed by atoms with Crippen molar-refractivity contribution < 1.29 is 23.8 Å². The molecule has 0 bridgehead atoms. The van der Waals surface area contributed by atoms with Gasteiger partial charge in [-0.3, -0.25) is 4.57 Å². The zero-order chi connectivity index (χ0) is 7.33. The van der Waals surface area contributed by atoms with Crippen molar-refractivity contribution in [3.63, 3.8) is 0 Å². The molecule has 6 heteroatoms. The molecule has 5 nitrogen and oxygen atoms in total. The topological polar surface area (TPSA) is 76.0 Å². The van der Waals surface area contributed by atoms with Crippen LogP contribution in [0.25, 0.3) is 0 Å². The zero-order valence-electron chi connectivity index (χ0n) is 4.98. The fourth-order valence-electron chi connectivity index (χ4n) is 0.240. The second-order valence-electron chi connectivity index (χ2n) is 1.40. The molecule has 0 saturated heterocycles. The van der Waals surface area contributed by atoms with Gasteiger partial charge in [0.15, 0.2) is 6.35 Å². The summed E-state index contributed by atoms with van der Waals surface area (Å²) in [7, 11) is -2.62. The summed E-state index contributed by atoms with van der Waals surface area (Å²) in [5.41, 5.74) is 0. The van der Waals surface area contributed by atoms with Crippen LogP contribution in [0.5, 0.6) is 0 Å². The van der Waals surface area contributed by atoms with Crippen LogP contribution in [-0.2, 0) is 14.0 Å². The lowest BCUT2D eigenvalue weighted by atomic mass is 11.4. The molecule has 9 heavy (non-hydrogen) atoms. The van der Waals surface area contributed by atoms with Gasteiger partial charge in [0.05, 0.1) is 0 Å². The highest BCUT2D eigenvalue weighted by Crippen LogP contribution is 2.33. The Morgan fingerprint density at radius 2 is 2.11 bits per heavy atom. The Hall–Kier alpha value is 0.0700. The van der Waals surface area contributed by atoms with Crippen molar-refractivity contribution in [2.24, 2.45) is 0 Å². The summed E-state index contributed by atoms with van der Waals surface area (Å²) in [5, 5.41) is 0. The van der Waals surface area contributed by atoms with Crippen molar-refractivity contribution in [1.82, 2.24) is 0 Å². The molecular weight excluding hydrogens is 147 g/mol. The van der Waals surface area contributed by atoms with E-state index in [1.165, 1.54) is 7.11 Å². The molecule has 0 fully saturated rings. The average Bonchev–Trinajstić information content (AvgIpc) is 1.63. The molecule has 0 spiro atoms. The summed E-state index contributed by atoms with van der Waals surface area (Å²) in [6.45, 7) is -0.0922. The zero-order valence-corrected chi connectivity index (χ0v) is 5.88. The molecule has 0 aromatic rings. The Bertz CT molecular complexity index is 107. The number of methoxy groups -OCH3 is 1. The fraction of sp³-hybridized carbons (Fsp3) is 1.00. The Labute approximate surface area is 52.7 Å². The van der Waals surface area contributed by atoms with Gasteiger partial charge in [-0.05, 0) is 0 Å². The number of hydrogen-bond donors (Lipinski definition) is 2. The molecule has 0 atom stereocenters. The van der Waals surface area contributed by atoms with Gasteiger partial charge in [0, 0.05) is 7.11 Å². The highest BCUT2D eigenvalue weighted by molar-refractivity contribution is 7.51. The normalized spacial score (nSPS) is 11.9. The van der Waals surface area contributed by atoms with Crippen molar-refractivity contribution in [2.75, 3.05) is 20.3 Å². The monoisotopic (exact) mass is 156 g/mol. The van der Waals surface area contributed by atoms with Crippen molar-refractivity contribution in [2.45, 2.75) is 0 Å². The van der Waals surface area contributed by atoms with Crippen LogP contribution in [0, 0.1) is 0 Å². The first-order valence-electron chi connectivity index (χ1n) is 2.17. The Kier molecular flexibility index (Phi) is 4.01. The molecule has 0 amide bonds. The quantitative estimate of drug-likeness (QED) is 0.333. The first-order chi connectivity index (χ1) is 4.06. The van der Waals surface area contributed by atoms with Crippen molar-refractivity contribution in [1.29, 1.82) is 0 Å². The van der Waals surface area contributed by atoms with Crippen molar-refractivity contribution in [3.05, 3.63) is 0 Å². The van der Waals surface area contributed by atoms with Crippen molar-refractivity contribution >= 4 is 7.60 Å². The smallest absolute Gasteiger partial charge is 0.351 e. The lowest BCUT2D eigenvalue weighted by molar-refractivity contribution is -0.0165. The molecule has 0 aromatic carbocycles. The summed E-state index contributed by atoms with van der Waals surface area (Å²) in [6, 6.07) is 0. The van der Waals surface area contributed by atoms with E-state index in [9.17, 15) is 4.57 Å². The largest absolute Gasteiger partial charge is 0.359 e. The predicted octanol–water partition coefficient (Wildman–Crippen LogP) is -0.258. The molecular formula is C3H9O5P. The molecule has 0 radical (unpaired) electrons. The molecule has 0 aliphatic carbocycles. The van der Waals surface area contributed by atoms with Gasteiger partial charge in [-0.25, -0.2) is 0 Å². The highest BCUT2D eigenvalue weighted by Gasteiger charge is 2.11. The lowest BCUT2D eigenvalue weighted by Crippen LogP contribution is -1.98. The molecule has 2 N–H and O–H groups in total. The second-order valence-corrected chi connectivity index (χ2v) is 2.99. The van der Waals surface area contributed by atoms with Gasteiger partial charge < -0.3 is 19.3 Å². The molecule has 0 saturated carbocycles. The summed E-state index contributed by atoms with van der Waals surface area (Å²) in [6.07, 6.45) is -0.582. The average molecular weight is 156 g/mol. The minimum atomic E-state index is -4.00. The SMILES string of the molecule is COCOCP(=O)(O)O. The molecule has 0 aromatic heterocycles. The number of ether oxygens (including phenoxy) is 2. The maximum Gasteiger partial charge on any atom is 0.351 e. The molecule has 56 valence electrons. The van der Waals surface area contributed by atoms with Crippen molar-refractivity contribution in [3.8, 4) is 0 Å². The van der Waals surface area contributed by atoms with E-state index in [2.05, 4.69) is 9.47 Å². The van der Waals surface area contributed by atoms with Crippen LogP contribution in [0.15, 0.2) is 0 Å². The third-order valence-electron chi connectivity index (χ3n) is 0.461. The van der Waals surface area contributed by atoms with Gasteiger partial charge in [0.1, 0.15) is 6.79 Å². The first-order valence-corrected chi connectivity index (χ1v) is 3.97. The van der Waals surface area contributed by atoms with E-state index in [0.717, 1.165) is 0 Å². The van der Waals surface area contributed by atoms with Gasteiger partial charge in [-0.1, -0.05) is 0 Å². The molecule has 0 aliphatic rings. The van der Waals surface area contributed by atoms with E-state index < -0.39 is 13.9 Å². The van der Waals surface area contributed by atoms with Crippen LogP contribution < -0.4 is 0 Å². The maximum atomic E-state index is 10.0. The van der Waals surface area contributed by atoms with Gasteiger partial charge >= 0.3 is 7.60 Å². The van der Waals surface area contributed by atoms with Crippen LogP contribution in [-0.4, -0.2) is 30.0 Å². The van der Waals surface area contributed by atoms with Gasteiger partial charge in [-0.2, -0.15) is 0 Å². The minimum Gasteiger partial charge on any atom is -0.359 e. The van der Waals surface area contributed by atoms with Gasteiger partial charge in [0.25, 0.3) is 0 Å². The molecule has 0 heterocycles. The van der Waals surface area contributed by atoms with Crippen LogP contribution in [0.1, 0.15) is 0 Å². The molecule has 0 rings (SSSR count). The first kappa shape index (κ1) is 9.07. The summed E-state index contributed by atoms with van der Waals surface area (Å²) in [4.78, 5) is 16.3. The third-order valence-corrected chi connectivity index (χ3v) is 0.980. The Morgan fingerprint density at radius 3 is 2.44 bits per heavy atom. The van der Waals surface area contributed by atoms with Crippen LogP contribution in [0.2, 0.25) is 0 Å². The molecule has 0 aliphatic heterocycles. The van der Waals surface area contributed by atoms with E-state index in [-0.39, 0.29) is 6.79 Å². The number of rotatable bonds is 4. The minimum absolute atomic E-state index is 0.0922. The van der Waals surface area contributed by atoms with E-state index in [4.69, 9.17) is 9.79 Å². The number of hydrogen-bond acceptors (Lipinski definition) is 3.